The Balaban J connectivity index is 1.71. The molecule has 7 heteroatoms. The van der Waals surface area contributed by atoms with Crippen LogP contribution in [-0.2, 0) is 11.2 Å². The fourth-order valence-electron chi connectivity index (χ4n) is 3.10. The van der Waals surface area contributed by atoms with Crippen molar-refractivity contribution in [2.24, 2.45) is 0 Å². The summed E-state index contributed by atoms with van der Waals surface area (Å²) in [5.74, 6) is 2.86. The van der Waals surface area contributed by atoms with E-state index in [1.807, 2.05) is 36.5 Å². The summed E-state index contributed by atoms with van der Waals surface area (Å²) in [5.41, 5.74) is 2.75. The molecule has 6 nitrogen and oxygen atoms in total. The van der Waals surface area contributed by atoms with Crippen LogP contribution in [0.4, 0.5) is 0 Å². The number of terminal acetylenes is 1. The Morgan fingerprint density at radius 1 is 1.32 bits per heavy atom. The van der Waals surface area contributed by atoms with Gasteiger partial charge in [0, 0.05) is 28.1 Å². The van der Waals surface area contributed by atoms with Gasteiger partial charge in [0.15, 0.2) is 11.5 Å². The maximum absolute atomic E-state index is 12.5. The third-order valence-electron chi connectivity index (χ3n) is 4.61. The van der Waals surface area contributed by atoms with Crippen molar-refractivity contribution in [3.8, 4) is 29.9 Å². The largest absolute Gasteiger partial charge is 0.493 e. The van der Waals surface area contributed by atoms with E-state index in [1.165, 1.54) is 13.2 Å². The number of hydrogen-bond donors (Lipinski definition) is 2. The fourth-order valence-corrected chi connectivity index (χ4v) is 3.54. The number of aromatic nitrogens is 1. The number of aromatic amines is 1. The molecule has 1 aromatic heterocycles. The van der Waals surface area contributed by atoms with E-state index >= 15 is 0 Å². The Bertz CT molecular complexity index is 1220. The van der Waals surface area contributed by atoms with Gasteiger partial charge >= 0.3 is 0 Å². The number of fused-ring (bicyclic) bond motifs is 1. The third kappa shape index (κ3) is 5.28. The molecule has 0 aliphatic carbocycles. The van der Waals surface area contributed by atoms with Crippen LogP contribution in [0.1, 0.15) is 11.1 Å². The molecule has 3 aromatic rings. The zero-order valence-corrected chi connectivity index (χ0v) is 18.5. The number of methoxy groups -OCH3 is 1. The molecule has 2 N–H and O–H groups in total. The van der Waals surface area contributed by atoms with Crippen LogP contribution in [0.15, 0.2) is 52.6 Å². The number of hydrogen-bond acceptors (Lipinski definition) is 4. The molecule has 1 amide bonds. The smallest absolute Gasteiger partial charge is 0.261 e. The normalized spacial score (nSPS) is 10.9. The molecule has 1 heterocycles. The van der Waals surface area contributed by atoms with Gasteiger partial charge in [-0.15, -0.1) is 6.42 Å². The van der Waals surface area contributed by atoms with E-state index < -0.39 is 5.91 Å². The zero-order chi connectivity index (χ0) is 22.2. The van der Waals surface area contributed by atoms with Crippen molar-refractivity contribution < 1.29 is 14.3 Å². The second-order valence-corrected chi connectivity index (χ2v) is 7.41. The maximum atomic E-state index is 12.5. The summed E-state index contributed by atoms with van der Waals surface area (Å²) in [4.78, 5) is 15.8. The van der Waals surface area contributed by atoms with Gasteiger partial charge in [0.1, 0.15) is 18.2 Å². The minimum atomic E-state index is -0.444. The van der Waals surface area contributed by atoms with Gasteiger partial charge in [-0.2, -0.15) is 5.26 Å². The molecule has 0 unspecified atom stereocenters. The van der Waals surface area contributed by atoms with Crippen LogP contribution in [0.25, 0.3) is 17.0 Å². The van der Waals surface area contributed by atoms with E-state index in [4.69, 9.17) is 15.9 Å². The second kappa shape index (κ2) is 10.4. The highest BCUT2D eigenvalue weighted by molar-refractivity contribution is 9.10. The highest BCUT2D eigenvalue weighted by Gasteiger charge is 2.13. The van der Waals surface area contributed by atoms with Crippen LogP contribution in [0.5, 0.6) is 11.5 Å². The lowest BCUT2D eigenvalue weighted by Gasteiger charge is -2.11. The van der Waals surface area contributed by atoms with Crippen LogP contribution in [0.2, 0.25) is 0 Å². The maximum Gasteiger partial charge on any atom is 0.261 e. The van der Waals surface area contributed by atoms with Gasteiger partial charge < -0.3 is 19.8 Å². The summed E-state index contributed by atoms with van der Waals surface area (Å²) in [7, 11) is 1.50. The molecule has 0 spiro atoms. The second-order valence-electron chi connectivity index (χ2n) is 6.55. The van der Waals surface area contributed by atoms with Crippen LogP contribution >= 0.6 is 15.9 Å². The van der Waals surface area contributed by atoms with Crippen molar-refractivity contribution in [3.05, 3.63) is 63.8 Å². The number of carbonyl (C=O) groups is 1. The first-order chi connectivity index (χ1) is 15.1. The lowest BCUT2D eigenvalue weighted by Crippen LogP contribution is -2.26. The summed E-state index contributed by atoms with van der Waals surface area (Å²) in [6.45, 7) is 0.503. The van der Waals surface area contributed by atoms with Gasteiger partial charge in [-0.05, 0) is 41.8 Å². The van der Waals surface area contributed by atoms with E-state index in [9.17, 15) is 10.1 Å². The van der Waals surface area contributed by atoms with Crippen LogP contribution < -0.4 is 14.8 Å². The molecule has 2 aromatic carbocycles. The molecule has 0 aliphatic rings. The zero-order valence-electron chi connectivity index (χ0n) is 16.9. The number of H-pyrrole nitrogens is 1. The first-order valence-electron chi connectivity index (χ1n) is 9.46. The Morgan fingerprint density at radius 2 is 2.13 bits per heavy atom. The minimum absolute atomic E-state index is 0.0148. The van der Waals surface area contributed by atoms with Crippen molar-refractivity contribution in [2.45, 2.75) is 6.42 Å². The topological polar surface area (TPSA) is 87.1 Å². The highest BCUT2D eigenvalue weighted by atomic mass is 79.9. The van der Waals surface area contributed by atoms with E-state index in [0.29, 0.717) is 34.5 Å². The Morgan fingerprint density at radius 3 is 2.87 bits per heavy atom. The Labute approximate surface area is 189 Å². The average Bonchev–Trinajstić information content (AvgIpc) is 3.20. The van der Waals surface area contributed by atoms with Gasteiger partial charge in [-0.3, -0.25) is 4.79 Å². The summed E-state index contributed by atoms with van der Waals surface area (Å²) >= 11 is 3.43. The number of nitrogens with zero attached hydrogens (tertiary/aromatic N) is 1. The van der Waals surface area contributed by atoms with Crippen molar-refractivity contribution >= 4 is 38.8 Å². The standard InChI is InChI=1S/C24H20BrN3O3/c1-3-10-31-23-13-20(25)17(12-22(23)30-2)11-18(14-26)24(29)27-9-8-16-15-28-21-7-5-4-6-19(16)21/h1,4-7,11-13,15,28H,8-10H2,2H3,(H,27,29). The highest BCUT2D eigenvalue weighted by Crippen LogP contribution is 2.34. The molecule has 0 atom stereocenters. The quantitative estimate of drug-likeness (QED) is 0.289. The predicted octanol–water partition coefficient (Wildman–Crippen LogP) is 4.22. The number of nitriles is 1. The molecule has 0 radical (unpaired) electrons. The lowest BCUT2D eigenvalue weighted by molar-refractivity contribution is -0.117. The molecule has 156 valence electrons. The lowest BCUT2D eigenvalue weighted by atomic mass is 10.1. The number of para-hydroxylation sites is 1. The molecule has 0 saturated carbocycles. The number of halogens is 1. The average molecular weight is 478 g/mol. The monoisotopic (exact) mass is 477 g/mol. The number of carbonyl (C=O) groups excluding carboxylic acids is 1. The molecule has 0 bridgehead atoms. The van der Waals surface area contributed by atoms with Gasteiger partial charge in [0.25, 0.3) is 5.91 Å². The summed E-state index contributed by atoms with van der Waals surface area (Å²) in [6, 6.07) is 13.3. The van der Waals surface area contributed by atoms with Crippen LogP contribution in [0, 0.1) is 23.7 Å². The summed E-state index contributed by atoms with van der Waals surface area (Å²) in [5, 5.41) is 13.4. The van der Waals surface area contributed by atoms with E-state index in [2.05, 4.69) is 32.2 Å². The molecule has 0 fully saturated rings. The first kappa shape index (κ1) is 22.0. The number of rotatable bonds is 8. The summed E-state index contributed by atoms with van der Waals surface area (Å²) < 4.78 is 11.4. The molecule has 3 rings (SSSR count). The number of amides is 1. The predicted molar refractivity (Wildman–Crippen MR) is 124 cm³/mol. The van der Waals surface area contributed by atoms with Gasteiger partial charge in [0.2, 0.25) is 0 Å². The van der Waals surface area contributed by atoms with E-state index in [1.54, 1.807) is 12.1 Å². The molecule has 0 saturated heterocycles. The Kier molecular flexibility index (Phi) is 7.37. The number of nitrogens with one attached hydrogen (secondary N) is 2. The van der Waals surface area contributed by atoms with Gasteiger partial charge in [-0.1, -0.05) is 40.0 Å². The molecular weight excluding hydrogens is 458 g/mol. The SMILES string of the molecule is C#CCOc1cc(Br)c(C=C(C#N)C(=O)NCCc2c[nH]c3ccccc23)cc1OC. The van der Waals surface area contributed by atoms with Crippen LogP contribution in [0.3, 0.4) is 0 Å². The Hall–Kier alpha value is -3.68. The van der Waals surface area contributed by atoms with Gasteiger partial charge in [0.05, 0.1) is 7.11 Å². The fraction of sp³-hybridized carbons (Fsp3) is 0.167. The molecular formula is C24H20BrN3O3. The minimum Gasteiger partial charge on any atom is -0.493 e. The van der Waals surface area contributed by atoms with Crippen molar-refractivity contribution in [2.75, 3.05) is 20.3 Å². The van der Waals surface area contributed by atoms with Gasteiger partial charge in [-0.25, -0.2) is 0 Å². The van der Waals surface area contributed by atoms with E-state index in [-0.39, 0.29) is 12.2 Å². The third-order valence-corrected chi connectivity index (χ3v) is 5.30. The van der Waals surface area contributed by atoms with E-state index in [0.717, 1.165) is 16.5 Å². The molecule has 0 aliphatic heterocycles. The number of benzene rings is 2. The summed E-state index contributed by atoms with van der Waals surface area (Å²) in [6.07, 6.45) is 9.31. The van der Waals surface area contributed by atoms with Crippen LogP contribution in [-0.4, -0.2) is 31.2 Å². The number of ether oxygens (including phenoxy) is 2. The molecule has 31 heavy (non-hydrogen) atoms. The van der Waals surface area contributed by atoms with Crippen molar-refractivity contribution in [1.82, 2.24) is 10.3 Å². The van der Waals surface area contributed by atoms with Crippen molar-refractivity contribution in [3.63, 3.8) is 0 Å². The van der Waals surface area contributed by atoms with Crippen molar-refractivity contribution in [1.29, 1.82) is 5.26 Å². The first-order valence-corrected chi connectivity index (χ1v) is 10.3.